The topological polar surface area (TPSA) is 85.1 Å². The summed E-state index contributed by atoms with van der Waals surface area (Å²) < 4.78 is 5.29. The monoisotopic (exact) mass is 293 g/mol. The highest BCUT2D eigenvalue weighted by molar-refractivity contribution is 6.31. The van der Waals surface area contributed by atoms with Crippen LogP contribution in [-0.4, -0.2) is 24.1 Å². The summed E-state index contributed by atoms with van der Waals surface area (Å²) in [5.41, 5.74) is 6.50. The Balaban J connectivity index is 2.19. The number of nitrogens with two attached hydrogens (primary N) is 1. The average Bonchev–Trinajstić information content (AvgIpc) is 2.45. The molecule has 2 aromatic rings. The van der Waals surface area contributed by atoms with Gasteiger partial charge in [0.2, 0.25) is 5.95 Å². The second kappa shape index (κ2) is 6.29. The number of halogens is 1. The summed E-state index contributed by atoms with van der Waals surface area (Å²) in [5, 5.41) is 6.71. The molecule has 0 fully saturated rings. The van der Waals surface area contributed by atoms with E-state index in [4.69, 9.17) is 22.1 Å². The highest BCUT2D eigenvalue weighted by Gasteiger charge is 2.08. The van der Waals surface area contributed by atoms with E-state index in [2.05, 4.69) is 20.6 Å². The lowest BCUT2D eigenvalue weighted by Crippen LogP contribution is -2.07. The zero-order chi connectivity index (χ0) is 14.5. The second-order valence-corrected chi connectivity index (χ2v) is 4.43. The summed E-state index contributed by atoms with van der Waals surface area (Å²) in [4.78, 5) is 8.14. The molecule has 0 amide bonds. The van der Waals surface area contributed by atoms with Gasteiger partial charge in [-0.3, -0.25) is 0 Å². The van der Waals surface area contributed by atoms with E-state index in [0.717, 1.165) is 11.3 Å². The molecule has 20 heavy (non-hydrogen) atoms. The van der Waals surface area contributed by atoms with Gasteiger partial charge in [0, 0.05) is 30.2 Å². The molecule has 0 radical (unpaired) electrons. The Labute approximate surface area is 122 Å². The Morgan fingerprint density at radius 3 is 2.75 bits per heavy atom. The van der Waals surface area contributed by atoms with Gasteiger partial charge in [-0.25, -0.2) is 0 Å². The molecule has 0 spiro atoms. The number of hydrogen-bond donors (Lipinski definition) is 3. The van der Waals surface area contributed by atoms with Crippen LogP contribution >= 0.6 is 11.6 Å². The van der Waals surface area contributed by atoms with Gasteiger partial charge in [0.15, 0.2) is 0 Å². The maximum absolute atomic E-state index is 6.17. The van der Waals surface area contributed by atoms with Crippen LogP contribution in [0.3, 0.4) is 0 Å². The molecule has 2 rings (SSSR count). The summed E-state index contributed by atoms with van der Waals surface area (Å²) in [6, 6.07) is 7.27. The number of rotatable bonds is 5. The molecule has 1 heterocycles. The van der Waals surface area contributed by atoms with Crippen LogP contribution in [-0.2, 0) is 6.54 Å². The van der Waals surface area contributed by atoms with Gasteiger partial charge in [-0.05, 0) is 12.1 Å². The van der Waals surface area contributed by atoms with Gasteiger partial charge in [-0.2, -0.15) is 9.97 Å². The van der Waals surface area contributed by atoms with Crippen LogP contribution < -0.4 is 21.1 Å². The van der Waals surface area contributed by atoms with E-state index in [9.17, 15) is 0 Å². The molecule has 106 valence electrons. The first-order chi connectivity index (χ1) is 9.63. The van der Waals surface area contributed by atoms with Gasteiger partial charge >= 0.3 is 0 Å². The van der Waals surface area contributed by atoms with E-state index >= 15 is 0 Å². The number of hydrogen-bond acceptors (Lipinski definition) is 6. The zero-order valence-electron chi connectivity index (χ0n) is 11.3. The van der Waals surface area contributed by atoms with Crippen LogP contribution in [0.15, 0.2) is 24.3 Å². The Hall–Kier alpha value is -2.21. The predicted octanol–water partition coefficient (Wildman–Crippen LogP) is 2.37. The number of nitrogen functional groups attached to an aromatic ring is 1. The molecule has 0 aliphatic heterocycles. The van der Waals surface area contributed by atoms with Gasteiger partial charge in [0.25, 0.3) is 0 Å². The summed E-state index contributed by atoms with van der Waals surface area (Å²) in [7, 11) is 3.37. The van der Waals surface area contributed by atoms with Crippen molar-refractivity contribution in [3.8, 4) is 5.75 Å². The van der Waals surface area contributed by atoms with E-state index in [1.165, 1.54) is 0 Å². The molecule has 0 bridgehead atoms. The van der Waals surface area contributed by atoms with Crippen molar-refractivity contribution in [3.05, 3.63) is 34.9 Å². The first kappa shape index (κ1) is 14.2. The van der Waals surface area contributed by atoms with Crippen LogP contribution in [0, 0.1) is 0 Å². The summed E-state index contributed by atoms with van der Waals surface area (Å²) in [6.45, 7) is 0.475. The molecular weight excluding hydrogens is 278 g/mol. The third-order valence-corrected chi connectivity index (χ3v) is 3.10. The molecule has 0 aliphatic rings. The minimum atomic E-state index is 0.200. The summed E-state index contributed by atoms with van der Waals surface area (Å²) in [6.07, 6.45) is 0. The van der Waals surface area contributed by atoms with E-state index in [1.807, 2.05) is 18.2 Å². The fraction of sp³-hybridized carbons (Fsp3) is 0.231. The Bertz CT molecular complexity index is 605. The van der Waals surface area contributed by atoms with Crippen molar-refractivity contribution in [1.82, 2.24) is 9.97 Å². The quantitative estimate of drug-likeness (QED) is 0.785. The van der Waals surface area contributed by atoms with Crippen molar-refractivity contribution in [2.45, 2.75) is 6.54 Å². The number of aromatic nitrogens is 2. The SMILES string of the molecule is CNc1cc(NCc2c(Cl)cccc2OC)nc(N)n1. The lowest BCUT2D eigenvalue weighted by Gasteiger charge is -2.12. The van der Waals surface area contributed by atoms with Crippen LogP contribution in [0.1, 0.15) is 5.56 Å². The second-order valence-electron chi connectivity index (χ2n) is 4.02. The first-order valence-electron chi connectivity index (χ1n) is 6.01. The first-order valence-corrected chi connectivity index (χ1v) is 6.39. The molecule has 1 aromatic heterocycles. The van der Waals surface area contributed by atoms with Gasteiger partial charge in [-0.1, -0.05) is 17.7 Å². The standard InChI is InChI=1S/C13H16ClN5O/c1-16-11-6-12(19-13(15)18-11)17-7-8-9(14)4-3-5-10(8)20-2/h3-6H,7H2,1-2H3,(H4,15,16,17,18,19). The van der Waals surface area contributed by atoms with Crippen molar-refractivity contribution >= 4 is 29.2 Å². The van der Waals surface area contributed by atoms with Gasteiger partial charge in [0.05, 0.1) is 7.11 Å². The number of anilines is 3. The van der Waals surface area contributed by atoms with E-state index in [-0.39, 0.29) is 5.95 Å². The maximum Gasteiger partial charge on any atom is 0.223 e. The molecule has 6 nitrogen and oxygen atoms in total. The van der Waals surface area contributed by atoms with Crippen molar-refractivity contribution in [2.24, 2.45) is 0 Å². The van der Waals surface area contributed by atoms with Crippen molar-refractivity contribution < 1.29 is 4.74 Å². The van der Waals surface area contributed by atoms with Gasteiger partial charge in [0.1, 0.15) is 17.4 Å². The van der Waals surface area contributed by atoms with E-state index in [1.54, 1.807) is 20.2 Å². The van der Waals surface area contributed by atoms with Crippen molar-refractivity contribution in [1.29, 1.82) is 0 Å². The number of ether oxygens (including phenoxy) is 1. The zero-order valence-corrected chi connectivity index (χ0v) is 12.0. The van der Waals surface area contributed by atoms with Gasteiger partial charge in [-0.15, -0.1) is 0 Å². The summed E-state index contributed by atoms with van der Waals surface area (Å²) in [5.74, 6) is 2.18. The highest BCUT2D eigenvalue weighted by atomic mass is 35.5. The minimum Gasteiger partial charge on any atom is -0.496 e. The lowest BCUT2D eigenvalue weighted by molar-refractivity contribution is 0.410. The third-order valence-electron chi connectivity index (χ3n) is 2.74. The van der Waals surface area contributed by atoms with Gasteiger partial charge < -0.3 is 21.1 Å². The van der Waals surface area contributed by atoms with Crippen molar-refractivity contribution in [3.63, 3.8) is 0 Å². The molecule has 4 N–H and O–H groups in total. The molecule has 0 unspecified atom stereocenters. The molecule has 0 aliphatic carbocycles. The molecule has 0 atom stereocenters. The van der Waals surface area contributed by atoms with E-state index in [0.29, 0.717) is 23.2 Å². The highest BCUT2D eigenvalue weighted by Crippen LogP contribution is 2.27. The summed E-state index contributed by atoms with van der Waals surface area (Å²) >= 11 is 6.17. The number of benzene rings is 1. The van der Waals surface area contributed by atoms with Crippen molar-refractivity contribution in [2.75, 3.05) is 30.5 Å². The molecule has 0 saturated carbocycles. The smallest absolute Gasteiger partial charge is 0.223 e. The Kier molecular flexibility index (Phi) is 4.47. The molecule has 0 saturated heterocycles. The fourth-order valence-corrected chi connectivity index (χ4v) is 2.00. The molecule has 1 aromatic carbocycles. The van der Waals surface area contributed by atoms with E-state index < -0.39 is 0 Å². The van der Waals surface area contributed by atoms with Crippen LogP contribution in [0.5, 0.6) is 5.75 Å². The third kappa shape index (κ3) is 3.21. The predicted molar refractivity (Wildman–Crippen MR) is 81.3 cm³/mol. The number of methoxy groups -OCH3 is 1. The van der Waals surface area contributed by atoms with Crippen LogP contribution in [0.2, 0.25) is 5.02 Å². The molecule has 7 heteroatoms. The Morgan fingerprint density at radius 2 is 2.05 bits per heavy atom. The maximum atomic E-state index is 6.17. The lowest BCUT2D eigenvalue weighted by atomic mass is 10.2. The average molecular weight is 294 g/mol. The largest absolute Gasteiger partial charge is 0.496 e. The molecular formula is C13H16ClN5O. The number of nitrogens with zero attached hydrogens (tertiary/aromatic N) is 2. The fourth-order valence-electron chi connectivity index (χ4n) is 1.77. The van der Waals surface area contributed by atoms with Crippen LogP contribution in [0.25, 0.3) is 0 Å². The Morgan fingerprint density at radius 1 is 1.30 bits per heavy atom. The minimum absolute atomic E-state index is 0.200. The normalized spacial score (nSPS) is 10.2. The number of nitrogens with one attached hydrogen (secondary N) is 2. The van der Waals surface area contributed by atoms with Crippen LogP contribution in [0.4, 0.5) is 17.6 Å².